The summed E-state index contributed by atoms with van der Waals surface area (Å²) in [4.78, 5) is 15.1. The van der Waals surface area contributed by atoms with Crippen LogP contribution in [0.5, 0.6) is 0 Å². The van der Waals surface area contributed by atoms with Crippen LogP contribution in [0.1, 0.15) is 27.2 Å². The van der Waals surface area contributed by atoms with Crippen molar-refractivity contribution >= 4 is 27.5 Å². The molecular weight excluding hydrogens is 469 g/mol. The number of rotatable bonds is 4. The van der Waals surface area contributed by atoms with E-state index in [0.29, 0.717) is 5.56 Å². The number of benzene rings is 2. The third-order valence-corrected chi connectivity index (χ3v) is 8.12. The minimum atomic E-state index is -3.69. The zero-order valence-corrected chi connectivity index (χ0v) is 20.0. The lowest BCUT2D eigenvalue weighted by molar-refractivity contribution is 0.0696. The van der Waals surface area contributed by atoms with Gasteiger partial charge in [-0.05, 0) is 44.5 Å². The minimum absolute atomic E-state index is 0.00423. The molecule has 1 aliphatic heterocycles. The lowest BCUT2D eigenvalue weighted by Crippen LogP contribution is -2.50. The Morgan fingerprint density at radius 3 is 2.42 bits per heavy atom. The highest BCUT2D eigenvalue weighted by atomic mass is 35.5. The van der Waals surface area contributed by atoms with Gasteiger partial charge < -0.3 is 9.42 Å². The molecule has 33 heavy (non-hydrogen) atoms. The number of carbonyl (C=O) groups excluding carboxylic acids is 1. The number of sulfonamides is 1. The van der Waals surface area contributed by atoms with Gasteiger partial charge in [0.2, 0.25) is 10.0 Å². The Balaban J connectivity index is 1.56. The molecule has 1 fully saturated rings. The lowest BCUT2D eigenvalue weighted by atomic mass is 10.0. The van der Waals surface area contributed by atoms with Crippen molar-refractivity contribution in [1.82, 2.24) is 14.4 Å². The fourth-order valence-electron chi connectivity index (χ4n) is 4.04. The molecule has 1 aliphatic rings. The maximum absolute atomic E-state index is 14.5. The summed E-state index contributed by atoms with van der Waals surface area (Å²) in [6.07, 6.45) is 0. The van der Waals surface area contributed by atoms with Gasteiger partial charge in [-0.25, -0.2) is 12.8 Å². The van der Waals surface area contributed by atoms with Gasteiger partial charge >= 0.3 is 0 Å². The van der Waals surface area contributed by atoms with E-state index >= 15 is 0 Å². The number of amides is 1. The van der Waals surface area contributed by atoms with Crippen LogP contribution in [0.15, 0.2) is 45.8 Å². The molecule has 2 aromatic carbocycles. The number of piperazine rings is 1. The molecule has 10 heteroatoms. The number of nitrogens with zero attached hydrogens (tertiary/aromatic N) is 3. The smallest absolute Gasteiger partial charge is 0.259 e. The van der Waals surface area contributed by atoms with Crippen molar-refractivity contribution in [3.05, 3.63) is 69.7 Å². The van der Waals surface area contributed by atoms with E-state index in [9.17, 15) is 17.6 Å². The van der Waals surface area contributed by atoms with E-state index in [-0.39, 0.29) is 58.7 Å². The Labute approximate surface area is 196 Å². The first-order chi connectivity index (χ1) is 15.6. The molecule has 0 saturated carbocycles. The molecule has 1 saturated heterocycles. The summed E-state index contributed by atoms with van der Waals surface area (Å²) >= 11 is 6.17. The molecule has 0 aliphatic carbocycles. The first-order valence-electron chi connectivity index (χ1n) is 10.4. The molecule has 2 heterocycles. The molecule has 0 unspecified atom stereocenters. The Morgan fingerprint density at radius 1 is 1.09 bits per heavy atom. The fraction of sp³-hybridized carbons (Fsp3) is 0.304. The summed E-state index contributed by atoms with van der Waals surface area (Å²) in [7, 11) is -3.69. The van der Waals surface area contributed by atoms with Crippen LogP contribution >= 0.6 is 11.6 Å². The quantitative estimate of drug-likeness (QED) is 0.546. The van der Waals surface area contributed by atoms with Crippen molar-refractivity contribution in [2.45, 2.75) is 25.7 Å². The van der Waals surface area contributed by atoms with Gasteiger partial charge in [0, 0.05) is 26.2 Å². The normalized spacial score (nSPS) is 15.1. The molecule has 4 rings (SSSR count). The third-order valence-electron chi connectivity index (χ3n) is 5.75. The minimum Gasteiger partial charge on any atom is -0.360 e. The lowest BCUT2D eigenvalue weighted by Gasteiger charge is -2.34. The molecule has 7 nitrogen and oxygen atoms in total. The molecule has 3 aromatic rings. The first kappa shape index (κ1) is 23.4. The second kappa shape index (κ2) is 8.89. The third kappa shape index (κ3) is 4.28. The van der Waals surface area contributed by atoms with E-state index in [2.05, 4.69) is 5.16 Å². The van der Waals surface area contributed by atoms with Crippen LogP contribution in [-0.4, -0.2) is 54.9 Å². The van der Waals surface area contributed by atoms with Crippen LogP contribution in [0.3, 0.4) is 0 Å². The molecular formula is C23H23ClFN3O4S. The molecule has 0 atom stereocenters. The summed E-state index contributed by atoms with van der Waals surface area (Å²) in [5.74, 6) is -0.791. The van der Waals surface area contributed by atoms with E-state index in [0.717, 1.165) is 5.56 Å². The highest BCUT2D eigenvalue weighted by molar-refractivity contribution is 7.89. The van der Waals surface area contributed by atoms with Crippen molar-refractivity contribution < 1.29 is 22.1 Å². The summed E-state index contributed by atoms with van der Waals surface area (Å²) in [6.45, 7) is 5.88. The van der Waals surface area contributed by atoms with Gasteiger partial charge in [-0.2, -0.15) is 4.31 Å². The summed E-state index contributed by atoms with van der Waals surface area (Å²) in [5, 5.41) is 3.99. The van der Waals surface area contributed by atoms with Crippen molar-refractivity contribution in [2.75, 3.05) is 26.2 Å². The standard InChI is InChI=1S/C23H23ClFN3O4S/c1-14-7-8-19(15(2)13-14)33(30,31)28-11-9-27(10-12-28)23(29)20-16(3)32-26-22(20)21-17(24)5-4-6-18(21)25/h4-8,13H,9-12H2,1-3H3. The Hall–Kier alpha value is -2.75. The number of hydrogen-bond donors (Lipinski definition) is 0. The second-order valence-corrected chi connectivity index (χ2v) is 10.3. The first-order valence-corrected chi connectivity index (χ1v) is 12.2. The Morgan fingerprint density at radius 2 is 1.79 bits per heavy atom. The number of aryl methyl sites for hydroxylation is 3. The highest BCUT2D eigenvalue weighted by Crippen LogP contribution is 2.34. The monoisotopic (exact) mass is 491 g/mol. The van der Waals surface area contributed by atoms with Gasteiger partial charge in [-0.3, -0.25) is 4.79 Å². The van der Waals surface area contributed by atoms with Crippen LogP contribution in [-0.2, 0) is 10.0 Å². The van der Waals surface area contributed by atoms with Crippen molar-refractivity contribution in [2.24, 2.45) is 0 Å². The maximum atomic E-state index is 14.5. The summed E-state index contributed by atoms with van der Waals surface area (Å²) in [5.41, 5.74) is 1.81. The Kier molecular flexibility index (Phi) is 6.30. The zero-order valence-electron chi connectivity index (χ0n) is 18.4. The molecule has 1 amide bonds. The van der Waals surface area contributed by atoms with Crippen molar-refractivity contribution in [3.8, 4) is 11.3 Å². The van der Waals surface area contributed by atoms with E-state index in [1.807, 2.05) is 13.0 Å². The highest BCUT2D eigenvalue weighted by Gasteiger charge is 2.34. The van der Waals surface area contributed by atoms with Gasteiger partial charge in [0.1, 0.15) is 22.8 Å². The second-order valence-electron chi connectivity index (χ2n) is 8.02. The van der Waals surface area contributed by atoms with E-state index in [1.165, 1.54) is 27.4 Å². The van der Waals surface area contributed by atoms with Gasteiger partial charge in [-0.1, -0.05) is 40.5 Å². The molecule has 0 radical (unpaired) electrons. The number of aromatic nitrogens is 1. The zero-order chi connectivity index (χ0) is 23.9. The molecule has 1 aromatic heterocycles. The van der Waals surface area contributed by atoms with Gasteiger partial charge in [0.05, 0.1) is 15.5 Å². The average molecular weight is 492 g/mol. The largest absolute Gasteiger partial charge is 0.360 e. The molecule has 0 N–H and O–H groups in total. The van der Waals surface area contributed by atoms with Crippen LogP contribution in [0, 0.1) is 26.6 Å². The van der Waals surface area contributed by atoms with Gasteiger partial charge in [-0.15, -0.1) is 0 Å². The van der Waals surface area contributed by atoms with E-state index in [1.54, 1.807) is 26.0 Å². The number of halogens is 2. The van der Waals surface area contributed by atoms with Crippen LogP contribution in [0.25, 0.3) is 11.3 Å². The predicted molar refractivity (Wildman–Crippen MR) is 122 cm³/mol. The molecule has 174 valence electrons. The SMILES string of the molecule is Cc1ccc(S(=O)(=O)N2CCN(C(=O)c3c(-c4c(F)cccc4Cl)noc3C)CC2)c(C)c1. The van der Waals surface area contributed by atoms with Crippen LogP contribution in [0.2, 0.25) is 5.02 Å². The number of carbonyl (C=O) groups is 1. The van der Waals surface area contributed by atoms with E-state index in [4.69, 9.17) is 16.1 Å². The summed E-state index contributed by atoms with van der Waals surface area (Å²) in [6, 6.07) is 9.42. The van der Waals surface area contributed by atoms with Crippen molar-refractivity contribution in [3.63, 3.8) is 0 Å². The van der Waals surface area contributed by atoms with Crippen LogP contribution < -0.4 is 0 Å². The number of hydrogen-bond acceptors (Lipinski definition) is 5. The predicted octanol–water partition coefficient (Wildman–Crippen LogP) is 4.21. The maximum Gasteiger partial charge on any atom is 0.259 e. The average Bonchev–Trinajstić information content (AvgIpc) is 3.14. The van der Waals surface area contributed by atoms with Crippen molar-refractivity contribution in [1.29, 1.82) is 0 Å². The topological polar surface area (TPSA) is 83.7 Å². The fourth-order valence-corrected chi connectivity index (χ4v) is 5.92. The van der Waals surface area contributed by atoms with E-state index < -0.39 is 21.7 Å². The summed E-state index contributed by atoms with van der Waals surface area (Å²) < 4.78 is 47.3. The van der Waals surface area contributed by atoms with Gasteiger partial charge in [0.15, 0.2) is 0 Å². The molecule has 0 bridgehead atoms. The Bertz CT molecular complexity index is 1310. The van der Waals surface area contributed by atoms with Crippen LogP contribution in [0.4, 0.5) is 4.39 Å². The van der Waals surface area contributed by atoms with Gasteiger partial charge in [0.25, 0.3) is 5.91 Å². The molecule has 0 spiro atoms.